The Morgan fingerprint density at radius 3 is 3.09 bits per heavy atom. The number of guanidine groups is 1. The van der Waals surface area contributed by atoms with Gasteiger partial charge >= 0.3 is 0 Å². The number of nitrogens with zero attached hydrogens (tertiary/aromatic N) is 3. The monoisotopic (exact) mass is 297 g/mol. The summed E-state index contributed by atoms with van der Waals surface area (Å²) in [5, 5.41) is 3.26. The minimum absolute atomic E-state index is 0.449. The number of hydrogen-bond donors (Lipinski definition) is 2. The molecular weight excluding hydrogens is 274 g/mol. The highest BCUT2D eigenvalue weighted by Gasteiger charge is 2.13. The van der Waals surface area contributed by atoms with Gasteiger partial charge in [-0.25, -0.2) is 9.98 Å². The molecule has 0 unspecified atom stereocenters. The number of aryl methyl sites for hydroxylation is 2. The lowest BCUT2D eigenvalue weighted by atomic mass is 9.90. The molecule has 1 aliphatic rings. The minimum atomic E-state index is 0.449. The Kier molecular flexibility index (Phi) is 4.42. The third-order valence-electron chi connectivity index (χ3n) is 4.19. The van der Waals surface area contributed by atoms with Crippen molar-refractivity contribution in [1.82, 2.24) is 9.55 Å². The van der Waals surface area contributed by atoms with Crippen LogP contribution in [0.15, 0.2) is 35.6 Å². The molecule has 5 nitrogen and oxygen atoms in total. The van der Waals surface area contributed by atoms with E-state index < -0.39 is 0 Å². The van der Waals surface area contributed by atoms with Gasteiger partial charge in [-0.3, -0.25) is 0 Å². The lowest BCUT2D eigenvalue weighted by molar-refractivity contribution is 0.687. The Morgan fingerprint density at radius 2 is 2.23 bits per heavy atom. The van der Waals surface area contributed by atoms with Gasteiger partial charge in [0.2, 0.25) is 0 Å². The van der Waals surface area contributed by atoms with Crippen LogP contribution in [0.1, 0.15) is 36.7 Å². The van der Waals surface area contributed by atoms with E-state index >= 15 is 0 Å². The Labute approximate surface area is 131 Å². The van der Waals surface area contributed by atoms with Crippen molar-refractivity contribution in [3.8, 4) is 0 Å². The van der Waals surface area contributed by atoms with Crippen molar-refractivity contribution in [2.45, 2.75) is 45.7 Å². The van der Waals surface area contributed by atoms with E-state index in [0.29, 0.717) is 12.5 Å². The first-order valence-electron chi connectivity index (χ1n) is 7.95. The Bertz CT molecular complexity index is 671. The molecule has 3 rings (SSSR count). The molecule has 1 aliphatic carbocycles. The summed E-state index contributed by atoms with van der Waals surface area (Å²) in [5.41, 5.74) is 9.97. The molecule has 116 valence electrons. The summed E-state index contributed by atoms with van der Waals surface area (Å²) in [6.45, 7) is 3.48. The van der Waals surface area contributed by atoms with E-state index in [4.69, 9.17) is 5.73 Å². The van der Waals surface area contributed by atoms with E-state index in [9.17, 15) is 0 Å². The normalized spacial score (nSPS) is 14.7. The second kappa shape index (κ2) is 6.64. The number of hydrogen-bond acceptors (Lipinski definition) is 2. The fourth-order valence-corrected chi connectivity index (χ4v) is 3.01. The predicted molar refractivity (Wildman–Crippen MR) is 89.9 cm³/mol. The third-order valence-corrected chi connectivity index (χ3v) is 4.19. The van der Waals surface area contributed by atoms with Crippen LogP contribution in [0.3, 0.4) is 0 Å². The van der Waals surface area contributed by atoms with E-state index in [-0.39, 0.29) is 0 Å². The summed E-state index contributed by atoms with van der Waals surface area (Å²) in [4.78, 5) is 8.73. The number of aromatic nitrogens is 2. The van der Waals surface area contributed by atoms with Crippen molar-refractivity contribution < 1.29 is 0 Å². The average Bonchev–Trinajstić information content (AvgIpc) is 3.01. The molecule has 22 heavy (non-hydrogen) atoms. The van der Waals surface area contributed by atoms with E-state index in [1.54, 1.807) is 6.20 Å². The highest BCUT2D eigenvalue weighted by molar-refractivity contribution is 5.93. The van der Waals surface area contributed by atoms with Crippen LogP contribution in [0.2, 0.25) is 0 Å². The second-order valence-electron chi connectivity index (χ2n) is 5.61. The van der Waals surface area contributed by atoms with E-state index in [1.165, 1.54) is 24.0 Å². The van der Waals surface area contributed by atoms with Crippen LogP contribution < -0.4 is 11.1 Å². The van der Waals surface area contributed by atoms with Crippen molar-refractivity contribution in [1.29, 1.82) is 0 Å². The molecule has 0 bridgehead atoms. The topological polar surface area (TPSA) is 68.2 Å². The van der Waals surface area contributed by atoms with Gasteiger partial charge in [0, 0.05) is 24.6 Å². The smallest absolute Gasteiger partial charge is 0.193 e. The lowest BCUT2D eigenvalue weighted by Gasteiger charge is -2.19. The molecule has 0 radical (unpaired) electrons. The molecule has 0 saturated heterocycles. The molecule has 1 aromatic carbocycles. The van der Waals surface area contributed by atoms with Gasteiger partial charge in [0.1, 0.15) is 12.4 Å². The van der Waals surface area contributed by atoms with Crippen molar-refractivity contribution in [3.63, 3.8) is 0 Å². The number of fused-ring (bicyclic) bond motifs is 1. The van der Waals surface area contributed by atoms with Crippen molar-refractivity contribution in [2.75, 3.05) is 5.32 Å². The molecule has 0 spiro atoms. The first-order valence-corrected chi connectivity index (χ1v) is 7.95. The minimum Gasteiger partial charge on any atom is -0.370 e. The zero-order valence-corrected chi connectivity index (χ0v) is 13.0. The fourth-order valence-electron chi connectivity index (χ4n) is 3.01. The Hall–Kier alpha value is -2.30. The van der Waals surface area contributed by atoms with Crippen LogP contribution in [-0.2, 0) is 25.9 Å². The first kappa shape index (κ1) is 14.6. The quantitative estimate of drug-likeness (QED) is 0.673. The van der Waals surface area contributed by atoms with Crippen molar-refractivity contribution in [3.05, 3.63) is 47.5 Å². The number of benzene rings is 1. The van der Waals surface area contributed by atoms with Crippen LogP contribution in [0.25, 0.3) is 0 Å². The van der Waals surface area contributed by atoms with Crippen LogP contribution in [0, 0.1) is 0 Å². The van der Waals surface area contributed by atoms with Crippen LogP contribution in [-0.4, -0.2) is 15.5 Å². The molecule has 0 fully saturated rings. The van der Waals surface area contributed by atoms with Gasteiger partial charge in [-0.2, -0.15) is 0 Å². The molecule has 1 aromatic heterocycles. The maximum Gasteiger partial charge on any atom is 0.193 e. The zero-order valence-electron chi connectivity index (χ0n) is 13.0. The number of aliphatic imine (C=N–C) groups is 1. The first-order chi connectivity index (χ1) is 10.8. The van der Waals surface area contributed by atoms with Crippen LogP contribution in [0.5, 0.6) is 0 Å². The summed E-state index contributed by atoms with van der Waals surface area (Å²) in [6.07, 6.45) is 8.56. The summed E-state index contributed by atoms with van der Waals surface area (Å²) in [6, 6.07) is 6.38. The summed E-state index contributed by atoms with van der Waals surface area (Å²) in [5.74, 6) is 1.38. The predicted octanol–water partition coefficient (Wildman–Crippen LogP) is 2.71. The van der Waals surface area contributed by atoms with Gasteiger partial charge in [0.25, 0.3) is 0 Å². The van der Waals surface area contributed by atoms with E-state index in [1.807, 2.05) is 6.20 Å². The molecular formula is C17H23N5. The molecule has 3 N–H and O–H groups in total. The number of nitrogens with two attached hydrogens (primary N) is 1. The molecule has 0 aliphatic heterocycles. The second-order valence-corrected chi connectivity index (χ2v) is 5.61. The molecule has 0 saturated carbocycles. The van der Waals surface area contributed by atoms with Gasteiger partial charge in [0.15, 0.2) is 5.96 Å². The van der Waals surface area contributed by atoms with E-state index in [2.05, 4.69) is 45.0 Å². The van der Waals surface area contributed by atoms with Crippen LogP contribution in [0.4, 0.5) is 5.69 Å². The highest BCUT2D eigenvalue weighted by atomic mass is 15.1. The van der Waals surface area contributed by atoms with Gasteiger partial charge < -0.3 is 15.6 Å². The largest absolute Gasteiger partial charge is 0.370 e. The van der Waals surface area contributed by atoms with Crippen LogP contribution >= 0.6 is 0 Å². The van der Waals surface area contributed by atoms with Gasteiger partial charge in [-0.15, -0.1) is 0 Å². The SMILES string of the molecule is CCn1ccnc1CN=C(N)Nc1cccc2c1CCCC2. The Balaban J connectivity index is 1.71. The van der Waals surface area contributed by atoms with Gasteiger partial charge in [-0.1, -0.05) is 12.1 Å². The number of anilines is 1. The maximum absolute atomic E-state index is 6.05. The standard InChI is InChI=1S/C17H23N5/c1-2-22-11-10-19-16(22)12-20-17(18)21-15-9-5-7-13-6-3-4-8-14(13)15/h5,7,9-11H,2-4,6,8,12H2,1H3,(H3,18,20,21). The highest BCUT2D eigenvalue weighted by Crippen LogP contribution is 2.27. The zero-order chi connectivity index (χ0) is 15.4. The average molecular weight is 297 g/mol. The summed E-state index contributed by atoms with van der Waals surface area (Å²) >= 11 is 0. The molecule has 1 heterocycles. The molecule has 0 amide bonds. The molecule has 5 heteroatoms. The molecule has 2 aromatic rings. The van der Waals surface area contributed by atoms with Gasteiger partial charge in [0.05, 0.1) is 0 Å². The maximum atomic E-state index is 6.05. The summed E-state index contributed by atoms with van der Waals surface area (Å²) < 4.78 is 2.07. The van der Waals surface area contributed by atoms with E-state index in [0.717, 1.165) is 30.9 Å². The fraction of sp³-hybridized carbons (Fsp3) is 0.412. The number of imidazole rings is 1. The third kappa shape index (κ3) is 3.13. The van der Waals surface area contributed by atoms with Gasteiger partial charge in [-0.05, 0) is 49.8 Å². The summed E-state index contributed by atoms with van der Waals surface area (Å²) in [7, 11) is 0. The number of rotatable bonds is 4. The Morgan fingerprint density at radius 1 is 1.36 bits per heavy atom. The lowest BCUT2D eigenvalue weighted by Crippen LogP contribution is -2.24. The van der Waals surface area contributed by atoms with Crippen molar-refractivity contribution >= 4 is 11.6 Å². The number of nitrogens with one attached hydrogen (secondary N) is 1. The van der Waals surface area contributed by atoms with Crippen molar-refractivity contribution in [2.24, 2.45) is 10.7 Å². The molecule has 0 atom stereocenters.